The van der Waals surface area contributed by atoms with Crippen molar-refractivity contribution in [1.82, 2.24) is 0 Å². The molecule has 3 atom stereocenters. The molecule has 3 aromatic rings. The summed E-state index contributed by atoms with van der Waals surface area (Å²) in [7, 11) is 1.60. The van der Waals surface area contributed by atoms with Crippen molar-refractivity contribution in [2.75, 3.05) is 17.1 Å². The average Bonchev–Trinajstić information content (AvgIpc) is 3.30. The van der Waals surface area contributed by atoms with Crippen molar-refractivity contribution in [1.29, 1.82) is 0 Å². The Hall–Kier alpha value is -3.64. The van der Waals surface area contributed by atoms with Crippen LogP contribution in [0.3, 0.4) is 0 Å². The molecule has 2 heterocycles. The number of hydrogen-bond donors (Lipinski definition) is 0. The highest BCUT2D eigenvalue weighted by Gasteiger charge is 2.60. The number of ether oxygens (including phenoxy) is 1. The number of carbonyl (C=O) groups is 2. The first kappa shape index (κ1) is 19.3. The van der Waals surface area contributed by atoms with Crippen LogP contribution < -0.4 is 14.7 Å². The van der Waals surface area contributed by atoms with E-state index < -0.39 is 18.1 Å². The van der Waals surface area contributed by atoms with Crippen LogP contribution in [-0.2, 0) is 14.4 Å². The molecule has 2 saturated heterocycles. The summed E-state index contributed by atoms with van der Waals surface area (Å²) in [6.07, 6.45) is -0.900. The zero-order valence-corrected chi connectivity index (χ0v) is 17.3. The lowest BCUT2D eigenvalue weighted by molar-refractivity contribution is -0.126. The highest BCUT2D eigenvalue weighted by Crippen LogP contribution is 2.49. The second kappa shape index (κ2) is 7.56. The number of benzene rings is 3. The topological polar surface area (TPSA) is 59.1 Å². The van der Waals surface area contributed by atoms with Gasteiger partial charge in [-0.15, -0.1) is 0 Å². The van der Waals surface area contributed by atoms with E-state index in [-0.39, 0.29) is 11.8 Å². The van der Waals surface area contributed by atoms with E-state index in [2.05, 4.69) is 0 Å². The Morgan fingerprint density at radius 2 is 1.55 bits per heavy atom. The summed E-state index contributed by atoms with van der Waals surface area (Å²) < 4.78 is 5.59. The van der Waals surface area contributed by atoms with Gasteiger partial charge in [-0.1, -0.05) is 48.5 Å². The second-order valence-corrected chi connectivity index (χ2v) is 7.75. The molecule has 2 fully saturated rings. The number of amides is 2. The highest BCUT2D eigenvalue weighted by molar-refractivity contribution is 6.24. The number of aryl methyl sites for hydroxylation is 1. The molecular weight excluding hydrogens is 392 g/mol. The Morgan fingerprint density at radius 1 is 0.839 bits per heavy atom. The lowest BCUT2D eigenvalue weighted by Crippen LogP contribution is -2.37. The summed E-state index contributed by atoms with van der Waals surface area (Å²) in [5.74, 6) is -0.662. The molecule has 0 unspecified atom stereocenters. The third-order valence-corrected chi connectivity index (χ3v) is 5.84. The zero-order chi connectivity index (χ0) is 21.5. The molecule has 3 aromatic carbocycles. The molecule has 0 radical (unpaired) electrons. The first-order valence-electron chi connectivity index (χ1n) is 10.2. The number of para-hydroxylation sites is 2. The Labute approximate surface area is 180 Å². The Morgan fingerprint density at radius 3 is 2.29 bits per heavy atom. The number of carbonyl (C=O) groups excluding carboxylic acids is 2. The third kappa shape index (κ3) is 3.07. The highest BCUT2D eigenvalue weighted by atomic mass is 16.7. The van der Waals surface area contributed by atoms with E-state index in [0.717, 1.165) is 16.8 Å². The third-order valence-electron chi connectivity index (χ3n) is 5.84. The first-order chi connectivity index (χ1) is 15.1. The van der Waals surface area contributed by atoms with Crippen LogP contribution in [0.5, 0.6) is 5.75 Å². The van der Waals surface area contributed by atoms with Gasteiger partial charge in [-0.25, -0.2) is 9.96 Å². The van der Waals surface area contributed by atoms with Gasteiger partial charge in [0.1, 0.15) is 11.7 Å². The number of anilines is 2. The molecule has 31 heavy (non-hydrogen) atoms. The molecule has 6 nitrogen and oxygen atoms in total. The fourth-order valence-corrected chi connectivity index (χ4v) is 4.46. The summed E-state index contributed by atoms with van der Waals surface area (Å²) in [5.41, 5.74) is 3.12. The summed E-state index contributed by atoms with van der Waals surface area (Å²) in [4.78, 5) is 34.4. The molecule has 2 aliphatic heterocycles. The standard InChI is InChI=1S/C25H22N2O4/c1-16-9-8-12-18(15-16)26-24(28)21-22(19-13-6-7-14-20(19)30-2)27(31-23(21)25(26)29)17-10-4-3-5-11-17/h3-15,21-23H,1-2H3/t21-,22+,23+/m0/s1. The van der Waals surface area contributed by atoms with E-state index in [1.54, 1.807) is 18.2 Å². The summed E-state index contributed by atoms with van der Waals surface area (Å²) >= 11 is 0. The van der Waals surface area contributed by atoms with Crippen molar-refractivity contribution in [3.05, 3.63) is 90.0 Å². The number of methoxy groups -OCH3 is 1. The van der Waals surface area contributed by atoms with E-state index >= 15 is 0 Å². The van der Waals surface area contributed by atoms with E-state index in [1.165, 1.54) is 4.90 Å². The number of hydrogen-bond acceptors (Lipinski definition) is 5. The average molecular weight is 414 g/mol. The van der Waals surface area contributed by atoms with E-state index in [1.807, 2.05) is 79.7 Å². The van der Waals surface area contributed by atoms with Crippen LogP contribution in [0.25, 0.3) is 0 Å². The van der Waals surface area contributed by atoms with Crippen LogP contribution in [0.15, 0.2) is 78.9 Å². The molecule has 0 N–H and O–H groups in total. The maximum absolute atomic E-state index is 13.6. The first-order valence-corrected chi connectivity index (χ1v) is 10.2. The van der Waals surface area contributed by atoms with Gasteiger partial charge in [0, 0.05) is 5.56 Å². The maximum Gasteiger partial charge on any atom is 0.266 e. The molecule has 0 aromatic heterocycles. The van der Waals surface area contributed by atoms with Crippen LogP contribution in [0.1, 0.15) is 17.2 Å². The van der Waals surface area contributed by atoms with Gasteiger partial charge in [0.2, 0.25) is 5.91 Å². The van der Waals surface area contributed by atoms with Gasteiger partial charge in [-0.2, -0.15) is 0 Å². The molecule has 0 spiro atoms. The van der Waals surface area contributed by atoms with Gasteiger partial charge in [-0.05, 0) is 42.8 Å². The van der Waals surface area contributed by atoms with Gasteiger partial charge < -0.3 is 4.74 Å². The van der Waals surface area contributed by atoms with Gasteiger partial charge in [0.05, 0.1) is 24.5 Å². The van der Waals surface area contributed by atoms with E-state index in [9.17, 15) is 9.59 Å². The molecule has 6 heteroatoms. The SMILES string of the molecule is COc1ccccc1[C@@H]1[C@@H]2C(=O)N(c3cccc(C)c3)C(=O)[C@@H]2ON1c1ccccc1. The molecule has 0 bridgehead atoms. The van der Waals surface area contributed by atoms with Gasteiger partial charge in [-0.3, -0.25) is 14.4 Å². The lowest BCUT2D eigenvalue weighted by atomic mass is 9.90. The monoisotopic (exact) mass is 414 g/mol. The number of fused-ring (bicyclic) bond motifs is 1. The largest absolute Gasteiger partial charge is 0.496 e. The second-order valence-electron chi connectivity index (χ2n) is 7.75. The lowest BCUT2D eigenvalue weighted by Gasteiger charge is -2.29. The molecule has 156 valence electrons. The summed E-state index contributed by atoms with van der Waals surface area (Å²) in [6, 6.07) is 23.9. The fourth-order valence-electron chi connectivity index (χ4n) is 4.46. The number of nitrogens with zero attached hydrogens (tertiary/aromatic N) is 2. The van der Waals surface area contributed by atoms with Crippen molar-refractivity contribution in [2.24, 2.45) is 5.92 Å². The quantitative estimate of drug-likeness (QED) is 0.603. The summed E-state index contributed by atoms with van der Waals surface area (Å²) in [6.45, 7) is 1.93. The fraction of sp³-hybridized carbons (Fsp3) is 0.200. The minimum absolute atomic E-state index is 0.269. The molecular formula is C25H22N2O4. The predicted octanol–water partition coefficient (Wildman–Crippen LogP) is 4.05. The van der Waals surface area contributed by atoms with Crippen molar-refractivity contribution >= 4 is 23.2 Å². The molecule has 0 aliphatic carbocycles. The Bertz CT molecular complexity index is 1150. The number of imide groups is 1. The maximum atomic E-state index is 13.6. The molecule has 2 amide bonds. The number of hydroxylamine groups is 1. The van der Waals surface area contributed by atoms with E-state index in [0.29, 0.717) is 11.4 Å². The smallest absolute Gasteiger partial charge is 0.266 e. The van der Waals surface area contributed by atoms with Crippen LogP contribution in [0.2, 0.25) is 0 Å². The molecule has 2 aliphatic rings. The van der Waals surface area contributed by atoms with Crippen molar-refractivity contribution in [3.63, 3.8) is 0 Å². The van der Waals surface area contributed by atoms with E-state index in [4.69, 9.17) is 9.57 Å². The minimum atomic E-state index is -0.900. The van der Waals surface area contributed by atoms with Crippen molar-refractivity contribution in [3.8, 4) is 5.75 Å². The minimum Gasteiger partial charge on any atom is -0.496 e. The normalized spacial score (nSPS) is 22.7. The van der Waals surface area contributed by atoms with Crippen LogP contribution in [0, 0.1) is 12.8 Å². The van der Waals surface area contributed by atoms with Crippen LogP contribution >= 0.6 is 0 Å². The predicted molar refractivity (Wildman–Crippen MR) is 117 cm³/mol. The Kier molecular flexibility index (Phi) is 4.71. The van der Waals surface area contributed by atoms with Gasteiger partial charge in [0.25, 0.3) is 5.91 Å². The zero-order valence-electron chi connectivity index (χ0n) is 17.3. The van der Waals surface area contributed by atoms with Crippen LogP contribution in [0.4, 0.5) is 11.4 Å². The van der Waals surface area contributed by atoms with Gasteiger partial charge >= 0.3 is 0 Å². The Balaban J connectivity index is 1.62. The van der Waals surface area contributed by atoms with Gasteiger partial charge in [0.15, 0.2) is 6.10 Å². The van der Waals surface area contributed by atoms with Crippen LogP contribution in [-0.4, -0.2) is 25.0 Å². The van der Waals surface area contributed by atoms with Crippen molar-refractivity contribution in [2.45, 2.75) is 19.1 Å². The van der Waals surface area contributed by atoms with Crippen molar-refractivity contribution < 1.29 is 19.2 Å². The summed E-state index contributed by atoms with van der Waals surface area (Å²) in [5, 5.41) is 1.68. The molecule has 5 rings (SSSR count). The number of rotatable bonds is 4. The molecule has 0 saturated carbocycles.